The number of hydrogen-bond donors (Lipinski definition) is 1. The first kappa shape index (κ1) is 18.1. The molecule has 0 aromatic heterocycles. The van der Waals surface area contributed by atoms with Crippen LogP contribution < -0.4 is 9.46 Å². The predicted octanol–water partition coefficient (Wildman–Crippen LogP) is 3.96. The summed E-state index contributed by atoms with van der Waals surface area (Å²) < 4.78 is 83.4. The van der Waals surface area contributed by atoms with Gasteiger partial charge in [0.25, 0.3) is 10.0 Å². The number of aryl methyl sites for hydroxylation is 1. The molecule has 0 saturated carbocycles. The van der Waals surface area contributed by atoms with Crippen LogP contribution in [-0.2, 0) is 16.2 Å². The molecule has 0 spiro atoms. The van der Waals surface area contributed by atoms with E-state index in [1.807, 2.05) is 4.72 Å². The highest BCUT2D eigenvalue weighted by molar-refractivity contribution is 7.92. The lowest BCUT2D eigenvalue weighted by Gasteiger charge is -2.15. The SMILES string of the molecule is COc1ccc(C(F)(F)F)cc1NS(=O)(=O)c1cc(F)ccc1C. The Hall–Kier alpha value is -2.29. The van der Waals surface area contributed by atoms with Gasteiger partial charge in [-0.15, -0.1) is 0 Å². The number of hydrogen-bond acceptors (Lipinski definition) is 3. The number of sulfonamides is 1. The van der Waals surface area contributed by atoms with Gasteiger partial charge in [0.2, 0.25) is 0 Å². The fraction of sp³-hybridized carbons (Fsp3) is 0.200. The Morgan fingerprint density at radius 1 is 1.08 bits per heavy atom. The third kappa shape index (κ3) is 3.78. The highest BCUT2D eigenvalue weighted by Crippen LogP contribution is 2.36. The number of alkyl halides is 3. The van der Waals surface area contributed by atoms with Gasteiger partial charge in [0.1, 0.15) is 11.6 Å². The van der Waals surface area contributed by atoms with E-state index in [1.54, 1.807) is 0 Å². The largest absolute Gasteiger partial charge is 0.495 e. The van der Waals surface area contributed by atoms with Crippen LogP contribution in [0.5, 0.6) is 5.75 Å². The van der Waals surface area contributed by atoms with Gasteiger partial charge in [-0.3, -0.25) is 4.72 Å². The van der Waals surface area contributed by atoms with E-state index < -0.39 is 33.3 Å². The van der Waals surface area contributed by atoms with Crippen molar-refractivity contribution in [3.8, 4) is 5.75 Å². The van der Waals surface area contributed by atoms with E-state index in [1.165, 1.54) is 20.1 Å². The summed E-state index contributed by atoms with van der Waals surface area (Å²) in [5.41, 5.74) is -1.19. The smallest absolute Gasteiger partial charge is 0.416 e. The highest BCUT2D eigenvalue weighted by atomic mass is 32.2. The second kappa shape index (κ2) is 6.31. The fourth-order valence-corrected chi connectivity index (χ4v) is 3.35. The molecule has 0 amide bonds. The maximum Gasteiger partial charge on any atom is 0.416 e. The number of halogens is 4. The average Bonchev–Trinajstić information content (AvgIpc) is 2.48. The van der Waals surface area contributed by atoms with Crippen molar-refractivity contribution in [1.82, 2.24) is 0 Å². The number of benzene rings is 2. The predicted molar refractivity (Wildman–Crippen MR) is 79.9 cm³/mol. The summed E-state index contributed by atoms with van der Waals surface area (Å²) in [6.07, 6.45) is -4.65. The summed E-state index contributed by atoms with van der Waals surface area (Å²) in [5, 5.41) is 0. The van der Waals surface area contributed by atoms with Gasteiger partial charge in [0.05, 0.1) is 23.3 Å². The van der Waals surface area contributed by atoms with Crippen LogP contribution in [0, 0.1) is 12.7 Å². The molecule has 0 atom stereocenters. The first-order valence-electron chi connectivity index (χ1n) is 6.59. The van der Waals surface area contributed by atoms with Crippen molar-refractivity contribution in [1.29, 1.82) is 0 Å². The minimum atomic E-state index is -4.65. The lowest BCUT2D eigenvalue weighted by molar-refractivity contribution is -0.137. The molecule has 24 heavy (non-hydrogen) atoms. The Labute approximate surface area is 136 Å². The van der Waals surface area contributed by atoms with E-state index in [4.69, 9.17) is 4.74 Å². The first-order valence-corrected chi connectivity index (χ1v) is 8.07. The molecule has 2 aromatic carbocycles. The number of nitrogens with one attached hydrogen (secondary N) is 1. The van der Waals surface area contributed by atoms with Crippen LogP contribution in [0.3, 0.4) is 0 Å². The standard InChI is InChI=1S/C15H13F4NO3S/c1-9-3-5-11(16)8-14(9)24(21,22)20-12-7-10(15(17,18)19)4-6-13(12)23-2/h3-8,20H,1-2H3. The Balaban J connectivity index is 2.51. The molecular formula is C15H13F4NO3S. The van der Waals surface area contributed by atoms with Crippen LogP contribution in [0.4, 0.5) is 23.2 Å². The van der Waals surface area contributed by atoms with Crippen LogP contribution in [-0.4, -0.2) is 15.5 Å². The lowest BCUT2D eigenvalue weighted by Crippen LogP contribution is -2.16. The summed E-state index contributed by atoms with van der Waals surface area (Å²) in [4.78, 5) is -0.373. The number of ether oxygens (including phenoxy) is 1. The van der Waals surface area contributed by atoms with Gasteiger partial charge in [-0.2, -0.15) is 13.2 Å². The third-order valence-corrected chi connectivity index (χ3v) is 4.72. The zero-order chi connectivity index (χ0) is 18.1. The van der Waals surface area contributed by atoms with Crippen molar-refractivity contribution in [2.45, 2.75) is 18.0 Å². The molecule has 0 aliphatic carbocycles. The number of anilines is 1. The normalized spacial score (nSPS) is 12.1. The molecule has 0 unspecified atom stereocenters. The Kier molecular flexibility index (Phi) is 4.75. The van der Waals surface area contributed by atoms with Gasteiger partial charge >= 0.3 is 6.18 Å². The van der Waals surface area contributed by atoms with Crippen molar-refractivity contribution in [2.24, 2.45) is 0 Å². The van der Waals surface area contributed by atoms with Crippen molar-refractivity contribution in [2.75, 3.05) is 11.8 Å². The molecule has 0 aliphatic heterocycles. The van der Waals surface area contributed by atoms with Crippen LogP contribution >= 0.6 is 0 Å². The average molecular weight is 363 g/mol. The Bertz CT molecular complexity index is 864. The van der Waals surface area contributed by atoms with Crippen molar-refractivity contribution >= 4 is 15.7 Å². The third-order valence-electron chi connectivity index (χ3n) is 3.21. The first-order chi connectivity index (χ1) is 11.0. The summed E-state index contributed by atoms with van der Waals surface area (Å²) in [7, 11) is -3.11. The van der Waals surface area contributed by atoms with Gasteiger partial charge in [-0.25, -0.2) is 12.8 Å². The monoisotopic (exact) mass is 363 g/mol. The molecule has 0 heterocycles. The molecular weight excluding hydrogens is 350 g/mol. The second-order valence-electron chi connectivity index (χ2n) is 4.93. The quantitative estimate of drug-likeness (QED) is 0.837. The van der Waals surface area contributed by atoms with Crippen molar-refractivity contribution in [3.05, 3.63) is 53.3 Å². The summed E-state index contributed by atoms with van der Waals surface area (Å²) in [5.74, 6) is -0.877. The van der Waals surface area contributed by atoms with Gasteiger partial charge < -0.3 is 4.74 Å². The summed E-state index contributed by atoms with van der Waals surface area (Å²) in [6, 6.07) is 5.51. The van der Waals surface area contributed by atoms with Gasteiger partial charge in [0.15, 0.2) is 0 Å². The summed E-state index contributed by atoms with van der Waals surface area (Å²) >= 11 is 0. The Morgan fingerprint density at radius 2 is 1.75 bits per heavy atom. The molecule has 0 bridgehead atoms. The van der Waals surface area contributed by atoms with Crippen LogP contribution in [0.1, 0.15) is 11.1 Å². The van der Waals surface area contributed by atoms with Crippen molar-refractivity contribution < 1.29 is 30.7 Å². The zero-order valence-electron chi connectivity index (χ0n) is 12.6. The lowest BCUT2D eigenvalue weighted by atomic mass is 10.2. The molecule has 130 valence electrons. The molecule has 2 rings (SSSR count). The molecule has 9 heteroatoms. The second-order valence-corrected chi connectivity index (χ2v) is 6.58. The fourth-order valence-electron chi connectivity index (χ4n) is 2.03. The minimum absolute atomic E-state index is 0.0966. The molecule has 2 aromatic rings. The maximum atomic E-state index is 13.3. The van der Waals surface area contributed by atoms with Gasteiger partial charge in [-0.1, -0.05) is 6.07 Å². The van der Waals surface area contributed by atoms with Crippen LogP contribution in [0.25, 0.3) is 0 Å². The molecule has 0 aliphatic rings. The van der Waals surface area contributed by atoms with E-state index in [0.29, 0.717) is 6.07 Å². The zero-order valence-corrected chi connectivity index (χ0v) is 13.4. The number of rotatable bonds is 4. The highest BCUT2D eigenvalue weighted by Gasteiger charge is 2.32. The van der Waals surface area contributed by atoms with Gasteiger partial charge in [-0.05, 0) is 42.8 Å². The van der Waals surface area contributed by atoms with E-state index in [2.05, 4.69) is 0 Å². The minimum Gasteiger partial charge on any atom is -0.495 e. The van der Waals surface area contributed by atoms with Crippen LogP contribution in [0.2, 0.25) is 0 Å². The van der Waals surface area contributed by atoms with Crippen molar-refractivity contribution in [3.63, 3.8) is 0 Å². The molecule has 4 nitrogen and oxygen atoms in total. The van der Waals surface area contributed by atoms with E-state index in [9.17, 15) is 26.0 Å². The Morgan fingerprint density at radius 3 is 2.33 bits per heavy atom. The summed E-state index contributed by atoms with van der Waals surface area (Å²) in [6.45, 7) is 1.44. The van der Waals surface area contributed by atoms with E-state index >= 15 is 0 Å². The van der Waals surface area contributed by atoms with E-state index in [0.717, 1.165) is 24.3 Å². The molecule has 0 saturated heterocycles. The molecule has 0 radical (unpaired) electrons. The molecule has 1 N–H and O–H groups in total. The van der Waals surface area contributed by atoms with Crippen LogP contribution in [0.15, 0.2) is 41.3 Å². The maximum absolute atomic E-state index is 13.3. The topological polar surface area (TPSA) is 55.4 Å². The molecule has 0 fully saturated rings. The number of methoxy groups -OCH3 is 1. The van der Waals surface area contributed by atoms with E-state index in [-0.39, 0.29) is 16.2 Å². The van der Waals surface area contributed by atoms with Gasteiger partial charge in [0, 0.05) is 0 Å².